The molecule has 2 rings (SSSR count). The number of anilines is 1. The van der Waals surface area contributed by atoms with Gasteiger partial charge in [0.05, 0.1) is 17.2 Å². The van der Waals surface area contributed by atoms with Gasteiger partial charge in [0, 0.05) is 37.6 Å². The number of aliphatic imine (C=N–C) groups is 1. The van der Waals surface area contributed by atoms with Crippen LogP contribution in [0.2, 0.25) is 0 Å². The predicted molar refractivity (Wildman–Crippen MR) is 124 cm³/mol. The number of halogens is 1. The molecule has 0 aliphatic heterocycles. The first-order chi connectivity index (χ1) is 12.4. The minimum Gasteiger partial charge on any atom is -0.352 e. The van der Waals surface area contributed by atoms with Gasteiger partial charge >= 0.3 is 0 Å². The maximum Gasteiger partial charge on any atom is 0.226 e. The smallest absolute Gasteiger partial charge is 0.226 e. The molecule has 1 amide bonds. The molecule has 8 heteroatoms. The van der Waals surface area contributed by atoms with Gasteiger partial charge < -0.3 is 15.5 Å². The number of benzene rings is 1. The SMILES string of the molecule is CN=C(NCc1ccc(NC(=O)C(C)C)cc1)N(C)Cc1csc(C)n1.I. The number of nitrogens with one attached hydrogen (secondary N) is 2. The second-order valence-electron chi connectivity index (χ2n) is 6.46. The molecular weight excluding hydrogens is 473 g/mol. The average molecular weight is 501 g/mol. The Bertz CT molecular complexity index is 758. The lowest BCUT2D eigenvalue weighted by molar-refractivity contribution is -0.118. The molecule has 2 aromatic rings. The standard InChI is InChI=1S/C19H27N5OS.HI/c1-13(2)18(25)23-16-8-6-15(7-9-16)10-21-19(20-4)24(5)11-17-12-26-14(3)22-17;/h6-9,12-13H,10-11H2,1-5H3,(H,20,21)(H,23,25);1H. The summed E-state index contributed by atoms with van der Waals surface area (Å²) in [5, 5.41) is 9.39. The normalized spacial score (nSPS) is 11.1. The molecule has 0 atom stereocenters. The zero-order chi connectivity index (χ0) is 19.1. The van der Waals surface area contributed by atoms with Gasteiger partial charge in [-0.2, -0.15) is 0 Å². The zero-order valence-electron chi connectivity index (χ0n) is 16.4. The Balaban J connectivity index is 0.00000364. The zero-order valence-corrected chi connectivity index (χ0v) is 19.6. The fourth-order valence-electron chi connectivity index (χ4n) is 2.36. The van der Waals surface area contributed by atoms with E-state index in [-0.39, 0.29) is 35.8 Å². The van der Waals surface area contributed by atoms with E-state index in [0.717, 1.165) is 27.9 Å². The Morgan fingerprint density at radius 3 is 2.48 bits per heavy atom. The first kappa shape index (κ1) is 23.4. The van der Waals surface area contributed by atoms with E-state index < -0.39 is 0 Å². The lowest BCUT2D eigenvalue weighted by atomic mass is 10.1. The van der Waals surface area contributed by atoms with Crippen LogP contribution in [0.4, 0.5) is 5.69 Å². The largest absolute Gasteiger partial charge is 0.352 e. The van der Waals surface area contributed by atoms with Crippen LogP contribution in [0.3, 0.4) is 0 Å². The minimum absolute atomic E-state index is 0. The number of guanidine groups is 1. The van der Waals surface area contributed by atoms with Crippen LogP contribution in [-0.2, 0) is 17.9 Å². The van der Waals surface area contributed by atoms with Crippen molar-refractivity contribution in [3.05, 3.63) is 45.9 Å². The van der Waals surface area contributed by atoms with Crippen LogP contribution in [0, 0.1) is 12.8 Å². The summed E-state index contributed by atoms with van der Waals surface area (Å²) in [6, 6.07) is 7.84. The molecule has 0 unspecified atom stereocenters. The van der Waals surface area contributed by atoms with Crippen LogP contribution in [-0.4, -0.2) is 35.8 Å². The van der Waals surface area contributed by atoms with Gasteiger partial charge in [-0.15, -0.1) is 35.3 Å². The van der Waals surface area contributed by atoms with E-state index >= 15 is 0 Å². The number of carbonyl (C=O) groups is 1. The average Bonchev–Trinajstić information content (AvgIpc) is 3.01. The van der Waals surface area contributed by atoms with E-state index in [1.54, 1.807) is 18.4 Å². The van der Waals surface area contributed by atoms with Crippen LogP contribution in [0.1, 0.15) is 30.1 Å². The van der Waals surface area contributed by atoms with Crippen molar-refractivity contribution in [1.29, 1.82) is 0 Å². The molecule has 0 radical (unpaired) electrons. The van der Waals surface area contributed by atoms with Crippen LogP contribution < -0.4 is 10.6 Å². The molecule has 1 aromatic carbocycles. The quantitative estimate of drug-likeness (QED) is 0.358. The van der Waals surface area contributed by atoms with Crippen molar-refractivity contribution in [3.8, 4) is 0 Å². The highest BCUT2D eigenvalue weighted by molar-refractivity contribution is 14.0. The molecule has 0 aliphatic carbocycles. The second-order valence-corrected chi connectivity index (χ2v) is 7.52. The number of aromatic nitrogens is 1. The van der Waals surface area contributed by atoms with Gasteiger partial charge in [0.1, 0.15) is 0 Å². The summed E-state index contributed by atoms with van der Waals surface area (Å²) in [5.74, 6) is 0.805. The number of hydrogen-bond acceptors (Lipinski definition) is 4. The van der Waals surface area contributed by atoms with Crippen molar-refractivity contribution in [2.45, 2.75) is 33.9 Å². The summed E-state index contributed by atoms with van der Waals surface area (Å²) in [6.45, 7) is 7.13. The number of rotatable bonds is 6. The Morgan fingerprint density at radius 1 is 1.30 bits per heavy atom. The van der Waals surface area contributed by atoms with Crippen LogP contribution in [0.25, 0.3) is 0 Å². The number of aryl methyl sites for hydroxylation is 1. The Morgan fingerprint density at radius 2 is 1.96 bits per heavy atom. The molecule has 0 bridgehead atoms. The molecule has 0 aliphatic rings. The van der Waals surface area contributed by atoms with E-state index in [2.05, 4.69) is 26.0 Å². The summed E-state index contributed by atoms with van der Waals surface area (Å²) in [4.78, 5) is 22.6. The number of amides is 1. The molecule has 1 heterocycles. The predicted octanol–water partition coefficient (Wildman–Crippen LogP) is 3.87. The van der Waals surface area contributed by atoms with E-state index in [1.165, 1.54) is 0 Å². The van der Waals surface area contributed by atoms with Crippen molar-refractivity contribution in [2.24, 2.45) is 10.9 Å². The third-order valence-corrected chi connectivity index (χ3v) is 4.66. The third kappa shape index (κ3) is 7.45. The van der Waals surface area contributed by atoms with Crippen molar-refractivity contribution in [3.63, 3.8) is 0 Å². The molecule has 0 spiro atoms. The van der Waals surface area contributed by atoms with Crippen molar-refractivity contribution >= 4 is 52.9 Å². The topological polar surface area (TPSA) is 69.6 Å². The molecule has 0 saturated carbocycles. The Hall–Kier alpha value is -1.68. The summed E-state index contributed by atoms with van der Waals surface area (Å²) in [6.07, 6.45) is 0. The van der Waals surface area contributed by atoms with E-state index in [4.69, 9.17) is 0 Å². The fraction of sp³-hybridized carbons (Fsp3) is 0.421. The summed E-state index contributed by atoms with van der Waals surface area (Å²) < 4.78 is 0. The first-order valence-corrected chi connectivity index (χ1v) is 9.49. The van der Waals surface area contributed by atoms with Crippen LogP contribution in [0.5, 0.6) is 0 Å². The molecule has 148 valence electrons. The molecule has 0 saturated heterocycles. The van der Waals surface area contributed by atoms with Gasteiger partial charge in [-0.3, -0.25) is 9.79 Å². The summed E-state index contributed by atoms with van der Waals surface area (Å²) in [7, 11) is 3.77. The summed E-state index contributed by atoms with van der Waals surface area (Å²) in [5.41, 5.74) is 2.97. The number of carbonyl (C=O) groups excluding carboxylic acids is 1. The molecule has 6 nitrogen and oxygen atoms in total. The number of hydrogen-bond donors (Lipinski definition) is 2. The highest BCUT2D eigenvalue weighted by Gasteiger charge is 2.09. The van der Waals surface area contributed by atoms with Gasteiger partial charge in [-0.1, -0.05) is 26.0 Å². The Kier molecular flexibility index (Phi) is 9.71. The van der Waals surface area contributed by atoms with E-state index in [1.807, 2.05) is 57.0 Å². The van der Waals surface area contributed by atoms with E-state index in [9.17, 15) is 4.79 Å². The highest BCUT2D eigenvalue weighted by atomic mass is 127. The molecule has 2 N–H and O–H groups in total. The number of nitrogens with zero attached hydrogens (tertiary/aromatic N) is 3. The highest BCUT2D eigenvalue weighted by Crippen LogP contribution is 2.12. The maximum atomic E-state index is 11.7. The van der Waals surface area contributed by atoms with Crippen molar-refractivity contribution in [2.75, 3.05) is 19.4 Å². The lowest BCUT2D eigenvalue weighted by Crippen LogP contribution is -2.38. The van der Waals surface area contributed by atoms with Gasteiger partial charge in [-0.05, 0) is 24.6 Å². The van der Waals surface area contributed by atoms with E-state index in [0.29, 0.717) is 13.1 Å². The molecule has 1 aromatic heterocycles. The third-order valence-electron chi connectivity index (χ3n) is 3.84. The fourth-order valence-corrected chi connectivity index (χ4v) is 2.96. The van der Waals surface area contributed by atoms with Crippen LogP contribution in [0.15, 0.2) is 34.6 Å². The van der Waals surface area contributed by atoms with Gasteiger partial charge in [0.2, 0.25) is 5.91 Å². The lowest BCUT2D eigenvalue weighted by Gasteiger charge is -2.21. The molecule has 27 heavy (non-hydrogen) atoms. The van der Waals surface area contributed by atoms with Gasteiger partial charge in [0.15, 0.2) is 5.96 Å². The van der Waals surface area contributed by atoms with Gasteiger partial charge in [0.25, 0.3) is 0 Å². The summed E-state index contributed by atoms with van der Waals surface area (Å²) >= 11 is 1.66. The van der Waals surface area contributed by atoms with Crippen LogP contribution >= 0.6 is 35.3 Å². The maximum absolute atomic E-state index is 11.7. The second kappa shape index (κ2) is 11.2. The van der Waals surface area contributed by atoms with Crippen molar-refractivity contribution in [1.82, 2.24) is 15.2 Å². The minimum atomic E-state index is -0.0308. The number of thiazole rings is 1. The van der Waals surface area contributed by atoms with Crippen molar-refractivity contribution < 1.29 is 4.79 Å². The molecule has 0 fully saturated rings. The monoisotopic (exact) mass is 501 g/mol. The Labute approximate surface area is 182 Å². The molecular formula is C19H28IN5OS. The van der Waals surface area contributed by atoms with Gasteiger partial charge in [-0.25, -0.2) is 4.98 Å². The first-order valence-electron chi connectivity index (χ1n) is 8.61.